The maximum Gasteiger partial charge on any atom is 0.254 e. The Morgan fingerprint density at radius 3 is 2.33 bits per heavy atom. The summed E-state index contributed by atoms with van der Waals surface area (Å²) in [6.07, 6.45) is 0.561. The summed E-state index contributed by atoms with van der Waals surface area (Å²) in [6, 6.07) is 7.73. The Balaban J connectivity index is 2.82. The van der Waals surface area contributed by atoms with E-state index in [1.54, 1.807) is 4.90 Å². The first-order valence-corrected chi connectivity index (χ1v) is 6.48. The SMILES string of the molecule is Cc1ccc(C(=O)N(CCC(N)=S)C(C)C)cc1. The van der Waals surface area contributed by atoms with Gasteiger partial charge in [-0.2, -0.15) is 0 Å². The van der Waals surface area contributed by atoms with Crippen molar-refractivity contribution in [3.05, 3.63) is 35.4 Å². The summed E-state index contributed by atoms with van der Waals surface area (Å²) >= 11 is 4.86. The molecule has 0 radical (unpaired) electrons. The van der Waals surface area contributed by atoms with Gasteiger partial charge < -0.3 is 10.6 Å². The van der Waals surface area contributed by atoms with E-state index in [9.17, 15) is 4.79 Å². The number of nitrogens with zero attached hydrogens (tertiary/aromatic N) is 1. The molecule has 98 valence electrons. The number of nitrogens with two attached hydrogens (primary N) is 1. The van der Waals surface area contributed by atoms with E-state index in [1.165, 1.54) is 0 Å². The third kappa shape index (κ3) is 4.11. The molecule has 0 saturated carbocycles. The van der Waals surface area contributed by atoms with Gasteiger partial charge in [0.1, 0.15) is 0 Å². The van der Waals surface area contributed by atoms with Crippen molar-refractivity contribution in [3.8, 4) is 0 Å². The van der Waals surface area contributed by atoms with Crippen LogP contribution in [0, 0.1) is 6.92 Å². The molecule has 0 heterocycles. The summed E-state index contributed by atoms with van der Waals surface area (Å²) in [4.78, 5) is 14.6. The van der Waals surface area contributed by atoms with Crippen LogP contribution in [0.25, 0.3) is 0 Å². The van der Waals surface area contributed by atoms with Gasteiger partial charge in [0.25, 0.3) is 5.91 Å². The molecular weight excluding hydrogens is 244 g/mol. The second-order valence-electron chi connectivity index (χ2n) is 4.67. The molecule has 0 spiro atoms. The summed E-state index contributed by atoms with van der Waals surface area (Å²) < 4.78 is 0. The molecule has 0 aromatic heterocycles. The van der Waals surface area contributed by atoms with Crippen LogP contribution in [0.5, 0.6) is 0 Å². The zero-order valence-electron chi connectivity index (χ0n) is 11.1. The molecule has 0 aliphatic rings. The van der Waals surface area contributed by atoms with Gasteiger partial charge in [-0.3, -0.25) is 4.79 Å². The van der Waals surface area contributed by atoms with Crippen LogP contribution < -0.4 is 5.73 Å². The van der Waals surface area contributed by atoms with Gasteiger partial charge in [-0.1, -0.05) is 29.9 Å². The fraction of sp³-hybridized carbons (Fsp3) is 0.429. The number of thiocarbonyl (C=S) groups is 1. The molecule has 1 aromatic carbocycles. The topological polar surface area (TPSA) is 46.3 Å². The van der Waals surface area contributed by atoms with Crippen LogP contribution in [0.3, 0.4) is 0 Å². The van der Waals surface area contributed by atoms with Crippen molar-refractivity contribution in [1.82, 2.24) is 4.90 Å². The Kier molecular flexibility index (Phi) is 5.28. The van der Waals surface area contributed by atoms with Gasteiger partial charge in [0.2, 0.25) is 0 Å². The first-order chi connectivity index (χ1) is 8.41. The van der Waals surface area contributed by atoms with Crippen LogP contribution in [0.2, 0.25) is 0 Å². The number of rotatable bonds is 5. The normalized spacial score (nSPS) is 10.4. The van der Waals surface area contributed by atoms with Crippen molar-refractivity contribution in [3.63, 3.8) is 0 Å². The van der Waals surface area contributed by atoms with Crippen LogP contribution in [0.1, 0.15) is 36.2 Å². The summed E-state index contributed by atoms with van der Waals surface area (Å²) in [6.45, 7) is 6.55. The zero-order chi connectivity index (χ0) is 13.7. The summed E-state index contributed by atoms with van der Waals surface area (Å²) in [5.74, 6) is 0.0289. The van der Waals surface area contributed by atoms with Crippen molar-refractivity contribution < 1.29 is 4.79 Å². The van der Waals surface area contributed by atoms with Gasteiger partial charge in [-0.25, -0.2) is 0 Å². The molecule has 2 N–H and O–H groups in total. The minimum Gasteiger partial charge on any atom is -0.393 e. The Morgan fingerprint density at radius 2 is 1.89 bits per heavy atom. The fourth-order valence-electron chi connectivity index (χ4n) is 1.69. The van der Waals surface area contributed by atoms with E-state index in [0.29, 0.717) is 23.5 Å². The molecule has 0 unspecified atom stereocenters. The minimum absolute atomic E-state index is 0.0289. The molecule has 0 bridgehead atoms. The minimum atomic E-state index is 0.0289. The maximum absolute atomic E-state index is 12.4. The van der Waals surface area contributed by atoms with Crippen LogP contribution >= 0.6 is 12.2 Å². The molecule has 18 heavy (non-hydrogen) atoms. The largest absolute Gasteiger partial charge is 0.393 e. The van der Waals surface area contributed by atoms with E-state index in [-0.39, 0.29) is 11.9 Å². The Morgan fingerprint density at radius 1 is 1.33 bits per heavy atom. The third-order valence-corrected chi connectivity index (χ3v) is 2.99. The Hall–Kier alpha value is -1.42. The molecule has 0 atom stereocenters. The van der Waals surface area contributed by atoms with Crippen molar-refractivity contribution in [2.24, 2.45) is 5.73 Å². The highest BCUT2D eigenvalue weighted by atomic mass is 32.1. The van der Waals surface area contributed by atoms with Gasteiger partial charge in [0, 0.05) is 24.6 Å². The van der Waals surface area contributed by atoms with E-state index < -0.39 is 0 Å². The first-order valence-electron chi connectivity index (χ1n) is 6.07. The average molecular weight is 264 g/mol. The lowest BCUT2D eigenvalue weighted by Crippen LogP contribution is -2.38. The summed E-state index contributed by atoms with van der Waals surface area (Å²) in [7, 11) is 0. The second kappa shape index (κ2) is 6.50. The number of carbonyl (C=O) groups excluding carboxylic acids is 1. The lowest BCUT2D eigenvalue weighted by atomic mass is 10.1. The average Bonchev–Trinajstić information content (AvgIpc) is 2.29. The molecule has 1 rings (SSSR count). The molecular formula is C14H20N2OS. The fourth-order valence-corrected chi connectivity index (χ4v) is 1.78. The van der Waals surface area contributed by atoms with Crippen LogP contribution in [-0.4, -0.2) is 28.4 Å². The van der Waals surface area contributed by atoms with E-state index in [2.05, 4.69) is 0 Å². The van der Waals surface area contributed by atoms with Gasteiger partial charge in [0.05, 0.1) is 4.99 Å². The predicted octanol–water partition coefficient (Wildman–Crippen LogP) is 2.52. The number of amides is 1. The standard InChI is InChI=1S/C14H20N2OS/c1-10(2)16(9-8-13(15)18)14(17)12-6-4-11(3)5-7-12/h4-7,10H,8-9H2,1-3H3,(H2,15,18). The lowest BCUT2D eigenvalue weighted by Gasteiger charge is -2.26. The molecule has 0 aliphatic heterocycles. The highest BCUT2D eigenvalue weighted by molar-refractivity contribution is 7.80. The van der Waals surface area contributed by atoms with Crippen molar-refractivity contribution in [2.45, 2.75) is 33.2 Å². The zero-order valence-corrected chi connectivity index (χ0v) is 12.0. The first kappa shape index (κ1) is 14.6. The smallest absolute Gasteiger partial charge is 0.254 e. The molecule has 0 fully saturated rings. The quantitative estimate of drug-likeness (QED) is 0.831. The van der Waals surface area contributed by atoms with Crippen LogP contribution in [0.15, 0.2) is 24.3 Å². The maximum atomic E-state index is 12.4. The van der Waals surface area contributed by atoms with Gasteiger partial charge in [0.15, 0.2) is 0 Å². The van der Waals surface area contributed by atoms with Crippen molar-refractivity contribution >= 4 is 23.1 Å². The highest BCUT2D eigenvalue weighted by Crippen LogP contribution is 2.10. The monoisotopic (exact) mass is 264 g/mol. The number of hydrogen-bond acceptors (Lipinski definition) is 2. The molecule has 3 nitrogen and oxygen atoms in total. The lowest BCUT2D eigenvalue weighted by molar-refractivity contribution is 0.0711. The molecule has 1 aromatic rings. The van der Waals surface area contributed by atoms with E-state index in [1.807, 2.05) is 45.0 Å². The number of carbonyl (C=O) groups is 1. The van der Waals surface area contributed by atoms with E-state index >= 15 is 0 Å². The van der Waals surface area contributed by atoms with Gasteiger partial charge in [-0.05, 0) is 32.9 Å². The summed E-state index contributed by atoms with van der Waals surface area (Å²) in [5, 5.41) is 0. The molecule has 0 saturated heterocycles. The Labute approximate surface area is 114 Å². The third-order valence-electron chi connectivity index (χ3n) is 2.78. The molecule has 4 heteroatoms. The van der Waals surface area contributed by atoms with E-state index in [0.717, 1.165) is 5.56 Å². The Bertz CT molecular complexity index is 426. The summed E-state index contributed by atoms with van der Waals surface area (Å²) in [5.41, 5.74) is 7.34. The number of hydrogen-bond donors (Lipinski definition) is 1. The molecule has 1 amide bonds. The van der Waals surface area contributed by atoms with Crippen molar-refractivity contribution in [2.75, 3.05) is 6.54 Å². The van der Waals surface area contributed by atoms with Crippen LogP contribution in [0.4, 0.5) is 0 Å². The second-order valence-corrected chi connectivity index (χ2v) is 5.20. The number of aryl methyl sites for hydroxylation is 1. The van der Waals surface area contributed by atoms with Crippen molar-refractivity contribution in [1.29, 1.82) is 0 Å². The number of benzene rings is 1. The molecule has 0 aliphatic carbocycles. The van der Waals surface area contributed by atoms with E-state index in [4.69, 9.17) is 18.0 Å². The van der Waals surface area contributed by atoms with Gasteiger partial charge >= 0.3 is 0 Å². The van der Waals surface area contributed by atoms with Gasteiger partial charge in [-0.15, -0.1) is 0 Å². The predicted molar refractivity (Wildman–Crippen MR) is 78.8 cm³/mol. The highest BCUT2D eigenvalue weighted by Gasteiger charge is 2.18. The van der Waals surface area contributed by atoms with Crippen LogP contribution in [-0.2, 0) is 0 Å².